The Kier molecular flexibility index (Phi) is 5.99. The maximum Gasteiger partial charge on any atom is 0.329 e. The van der Waals surface area contributed by atoms with Crippen molar-refractivity contribution in [2.24, 2.45) is 0 Å². The fourth-order valence-corrected chi connectivity index (χ4v) is 3.31. The van der Waals surface area contributed by atoms with Crippen molar-refractivity contribution in [1.82, 2.24) is 14.8 Å². The van der Waals surface area contributed by atoms with Gasteiger partial charge in [-0.25, -0.2) is 4.39 Å². The van der Waals surface area contributed by atoms with Gasteiger partial charge >= 0.3 is 7.60 Å². The number of nitrogens with one attached hydrogen (secondary N) is 1. The van der Waals surface area contributed by atoms with Crippen molar-refractivity contribution < 1.29 is 23.5 Å². The maximum atomic E-state index is 13.1. The van der Waals surface area contributed by atoms with Crippen molar-refractivity contribution in [3.8, 4) is 5.69 Å². The number of nitrogens with zero attached hydrogens (tertiary/aromatic N) is 3. The Hall–Kier alpha value is -2.87. The van der Waals surface area contributed by atoms with E-state index in [9.17, 15) is 13.8 Å². The van der Waals surface area contributed by atoms with Crippen LogP contribution in [0.25, 0.3) is 5.69 Å². The summed E-state index contributed by atoms with van der Waals surface area (Å²) < 4.78 is 25.7. The molecule has 0 aliphatic heterocycles. The van der Waals surface area contributed by atoms with Crippen LogP contribution in [0, 0.1) is 5.82 Å². The molecule has 0 aliphatic rings. The second-order valence-corrected chi connectivity index (χ2v) is 7.81. The van der Waals surface area contributed by atoms with Crippen molar-refractivity contribution >= 4 is 19.2 Å². The molecule has 28 heavy (non-hydrogen) atoms. The van der Waals surface area contributed by atoms with E-state index < -0.39 is 7.60 Å². The number of aromatic nitrogens is 3. The highest BCUT2D eigenvalue weighted by molar-refractivity contribution is 7.50. The van der Waals surface area contributed by atoms with Gasteiger partial charge in [0.05, 0.1) is 6.16 Å². The highest BCUT2D eigenvalue weighted by Gasteiger charge is 2.14. The van der Waals surface area contributed by atoms with Gasteiger partial charge in [0.1, 0.15) is 18.0 Å². The van der Waals surface area contributed by atoms with E-state index in [4.69, 9.17) is 9.79 Å². The molecule has 2 aromatic carbocycles. The molecule has 0 radical (unpaired) electrons. The molecule has 10 heteroatoms. The topological polar surface area (TPSA) is 117 Å². The second-order valence-electron chi connectivity index (χ2n) is 6.16. The van der Waals surface area contributed by atoms with Gasteiger partial charge in [0.25, 0.3) is 0 Å². The average Bonchev–Trinajstić information content (AvgIpc) is 3.10. The van der Waals surface area contributed by atoms with Gasteiger partial charge in [0.2, 0.25) is 5.91 Å². The predicted octanol–water partition coefficient (Wildman–Crippen LogP) is 2.66. The molecule has 0 fully saturated rings. The number of rotatable bonds is 7. The Balaban J connectivity index is 1.57. The molecule has 0 atom stereocenters. The average molecular weight is 404 g/mol. The van der Waals surface area contributed by atoms with Crippen LogP contribution in [0.3, 0.4) is 0 Å². The Morgan fingerprint density at radius 3 is 2.43 bits per heavy atom. The molecule has 0 saturated heterocycles. The highest BCUT2D eigenvalue weighted by Crippen LogP contribution is 2.39. The summed E-state index contributed by atoms with van der Waals surface area (Å²) in [4.78, 5) is 30.1. The number of hydrogen-bond donors (Lipinski definition) is 3. The number of carbonyl (C=O) groups is 1. The molecule has 0 bridgehead atoms. The van der Waals surface area contributed by atoms with Crippen LogP contribution in [-0.2, 0) is 21.9 Å². The van der Waals surface area contributed by atoms with Crippen LogP contribution in [0.2, 0.25) is 0 Å². The maximum absolute atomic E-state index is 13.1. The van der Waals surface area contributed by atoms with Crippen LogP contribution in [0.4, 0.5) is 10.1 Å². The summed E-state index contributed by atoms with van der Waals surface area (Å²) in [5.41, 5.74) is 1.71. The Bertz CT molecular complexity index is 999. The minimum atomic E-state index is -4.13. The first-order valence-electron chi connectivity index (χ1n) is 8.38. The first kappa shape index (κ1) is 19.9. The monoisotopic (exact) mass is 404 g/mol. The number of benzene rings is 2. The third-order valence-electron chi connectivity index (χ3n) is 3.93. The van der Waals surface area contributed by atoms with E-state index in [0.29, 0.717) is 29.2 Å². The van der Waals surface area contributed by atoms with Crippen molar-refractivity contribution in [3.63, 3.8) is 0 Å². The molecule has 3 rings (SSSR count). The Labute approximate surface area is 160 Å². The van der Waals surface area contributed by atoms with Crippen LogP contribution in [0.5, 0.6) is 0 Å². The minimum Gasteiger partial charge on any atom is -0.326 e. The van der Waals surface area contributed by atoms with E-state index in [1.807, 2.05) is 0 Å². The van der Waals surface area contributed by atoms with Crippen LogP contribution in [0.1, 0.15) is 17.8 Å². The van der Waals surface area contributed by atoms with Gasteiger partial charge in [-0.15, -0.1) is 10.2 Å². The van der Waals surface area contributed by atoms with Crippen molar-refractivity contribution in [2.75, 3.05) is 5.32 Å². The summed E-state index contributed by atoms with van der Waals surface area (Å²) in [6, 6.07) is 12.2. The summed E-state index contributed by atoms with van der Waals surface area (Å²) in [6.45, 7) is 0. The number of carbonyl (C=O) groups excluding carboxylic acids is 1. The van der Waals surface area contributed by atoms with Crippen molar-refractivity contribution in [3.05, 3.63) is 72.1 Å². The highest BCUT2D eigenvalue weighted by atomic mass is 31.2. The number of aryl methyl sites for hydroxylation is 1. The third-order valence-corrected chi connectivity index (χ3v) is 4.70. The molecular weight excluding hydrogens is 386 g/mol. The summed E-state index contributed by atoms with van der Waals surface area (Å²) in [5, 5.41) is 10.6. The van der Waals surface area contributed by atoms with E-state index in [1.165, 1.54) is 18.5 Å². The molecule has 3 aromatic rings. The van der Waals surface area contributed by atoms with Gasteiger partial charge in [-0.3, -0.25) is 13.9 Å². The van der Waals surface area contributed by atoms with Gasteiger partial charge in [0.15, 0.2) is 0 Å². The molecule has 146 valence electrons. The zero-order valence-electron chi connectivity index (χ0n) is 14.7. The SMILES string of the molecule is O=C(CCc1nncn1-c1ccc(F)cc1)Nc1ccc(CP(=O)(O)O)cc1. The lowest BCUT2D eigenvalue weighted by Crippen LogP contribution is -2.13. The van der Waals surface area contributed by atoms with Crippen molar-refractivity contribution in [1.29, 1.82) is 0 Å². The van der Waals surface area contributed by atoms with Crippen LogP contribution >= 0.6 is 7.60 Å². The van der Waals surface area contributed by atoms with E-state index >= 15 is 0 Å². The Morgan fingerprint density at radius 2 is 1.79 bits per heavy atom. The lowest BCUT2D eigenvalue weighted by molar-refractivity contribution is -0.116. The largest absolute Gasteiger partial charge is 0.329 e. The zero-order chi connectivity index (χ0) is 20.1. The second kappa shape index (κ2) is 8.43. The lowest BCUT2D eigenvalue weighted by Gasteiger charge is -2.08. The van der Waals surface area contributed by atoms with E-state index in [2.05, 4.69) is 15.5 Å². The van der Waals surface area contributed by atoms with E-state index in [1.54, 1.807) is 41.0 Å². The van der Waals surface area contributed by atoms with Crippen molar-refractivity contribution in [2.45, 2.75) is 19.0 Å². The molecule has 1 heterocycles. The first-order valence-corrected chi connectivity index (χ1v) is 10.2. The minimum absolute atomic E-state index is 0.157. The predicted molar refractivity (Wildman–Crippen MR) is 100 cm³/mol. The van der Waals surface area contributed by atoms with Crippen LogP contribution in [0.15, 0.2) is 54.9 Å². The smallest absolute Gasteiger partial charge is 0.326 e. The fourth-order valence-electron chi connectivity index (χ4n) is 2.63. The molecule has 8 nitrogen and oxygen atoms in total. The molecule has 0 spiro atoms. The summed E-state index contributed by atoms with van der Waals surface area (Å²) in [7, 11) is -4.13. The van der Waals surface area contributed by atoms with Gasteiger partial charge in [-0.1, -0.05) is 12.1 Å². The molecule has 0 unspecified atom stereocenters. The summed E-state index contributed by atoms with van der Waals surface area (Å²) >= 11 is 0. The zero-order valence-corrected chi connectivity index (χ0v) is 15.6. The normalized spacial score (nSPS) is 11.4. The summed E-state index contributed by atoms with van der Waals surface area (Å²) in [6.07, 6.45) is 1.64. The molecular formula is C18H18FN4O4P. The number of amides is 1. The van der Waals surface area contributed by atoms with Gasteiger partial charge in [-0.05, 0) is 42.0 Å². The summed E-state index contributed by atoms with van der Waals surface area (Å²) in [5.74, 6) is -0.0142. The van der Waals surface area contributed by atoms with Crippen LogP contribution < -0.4 is 5.32 Å². The molecule has 1 aromatic heterocycles. The molecule has 1 amide bonds. The van der Waals surface area contributed by atoms with Gasteiger partial charge in [0, 0.05) is 24.2 Å². The van der Waals surface area contributed by atoms with Gasteiger partial charge in [-0.2, -0.15) is 0 Å². The van der Waals surface area contributed by atoms with E-state index in [-0.39, 0.29) is 24.3 Å². The number of hydrogen-bond acceptors (Lipinski definition) is 4. The standard InChI is InChI=1S/C18H18FN4O4P/c19-14-3-7-16(8-4-14)23-12-20-22-17(23)9-10-18(24)21-15-5-1-13(2-6-15)11-28(25,26)27/h1-8,12H,9-11H2,(H,21,24)(H2,25,26,27). The molecule has 0 aliphatic carbocycles. The number of anilines is 1. The fraction of sp³-hybridized carbons (Fsp3) is 0.167. The Morgan fingerprint density at radius 1 is 1.11 bits per heavy atom. The molecule has 3 N–H and O–H groups in total. The lowest BCUT2D eigenvalue weighted by atomic mass is 10.2. The quantitative estimate of drug-likeness (QED) is 0.521. The number of halogens is 1. The van der Waals surface area contributed by atoms with Crippen LogP contribution in [-0.4, -0.2) is 30.5 Å². The van der Waals surface area contributed by atoms with Gasteiger partial charge < -0.3 is 15.1 Å². The molecule has 0 saturated carbocycles. The van der Waals surface area contributed by atoms with E-state index in [0.717, 1.165) is 0 Å². The first-order chi connectivity index (χ1) is 13.3. The third kappa shape index (κ3) is 5.56.